The molecular weight excluding hydrogens is 268 g/mol. The first kappa shape index (κ1) is 15.1. The minimum absolute atomic E-state index is 0.165. The maximum atomic E-state index is 12.0. The number of nitrogens with one attached hydrogen (secondary N) is 1. The first-order valence-electron chi connectivity index (χ1n) is 5.60. The van der Waals surface area contributed by atoms with Gasteiger partial charge in [-0.2, -0.15) is 0 Å². The zero-order valence-electron chi connectivity index (χ0n) is 10.7. The molecule has 0 aliphatic carbocycles. The fourth-order valence-electron chi connectivity index (χ4n) is 1.30. The van der Waals surface area contributed by atoms with Crippen LogP contribution in [0.3, 0.4) is 0 Å². The summed E-state index contributed by atoms with van der Waals surface area (Å²) in [6, 6.07) is 5.04. The monoisotopic (exact) mass is 286 g/mol. The number of hydrogen-bond donors (Lipinski definition) is 2. The third kappa shape index (κ3) is 3.76. The molecule has 1 aromatic carbocycles. The van der Waals surface area contributed by atoms with Crippen molar-refractivity contribution in [2.45, 2.75) is 25.7 Å². The molecule has 0 aliphatic heterocycles. The lowest BCUT2D eigenvalue weighted by Gasteiger charge is -2.12. The SMILES string of the molecule is Cc1ccc(S(=O)(=O)NCC(C)C(N)=S)cc1C. The topological polar surface area (TPSA) is 72.2 Å². The van der Waals surface area contributed by atoms with E-state index in [2.05, 4.69) is 4.72 Å². The van der Waals surface area contributed by atoms with Crippen LogP contribution in [0.1, 0.15) is 18.1 Å². The van der Waals surface area contributed by atoms with Gasteiger partial charge in [-0.05, 0) is 37.1 Å². The van der Waals surface area contributed by atoms with Crippen molar-refractivity contribution in [1.29, 1.82) is 0 Å². The lowest BCUT2D eigenvalue weighted by Crippen LogP contribution is -2.33. The average Bonchev–Trinajstić information content (AvgIpc) is 2.29. The van der Waals surface area contributed by atoms with Gasteiger partial charge in [-0.3, -0.25) is 0 Å². The molecule has 100 valence electrons. The van der Waals surface area contributed by atoms with Gasteiger partial charge >= 0.3 is 0 Å². The van der Waals surface area contributed by atoms with Gasteiger partial charge in [-0.1, -0.05) is 25.2 Å². The third-order valence-electron chi connectivity index (χ3n) is 2.85. The molecule has 0 saturated carbocycles. The van der Waals surface area contributed by atoms with E-state index in [9.17, 15) is 8.42 Å². The van der Waals surface area contributed by atoms with Gasteiger partial charge in [0, 0.05) is 12.5 Å². The van der Waals surface area contributed by atoms with Crippen LogP contribution in [0.4, 0.5) is 0 Å². The molecule has 0 aromatic heterocycles. The Labute approximate surface area is 114 Å². The Morgan fingerprint density at radius 2 is 2.00 bits per heavy atom. The maximum absolute atomic E-state index is 12.0. The van der Waals surface area contributed by atoms with Crippen molar-refractivity contribution >= 4 is 27.2 Å². The van der Waals surface area contributed by atoms with Crippen LogP contribution < -0.4 is 10.5 Å². The molecule has 0 fully saturated rings. The molecule has 0 amide bonds. The van der Waals surface area contributed by atoms with Crippen molar-refractivity contribution in [2.24, 2.45) is 11.7 Å². The summed E-state index contributed by atoms with van der Waals surface area (Å²) in [4.78, 5) is 0.568. The Bertz CT molecular complexity index is 553. The molecule has 1 atom stereocenters. The van der Waals surface area contributed by atoms with Crippen LogP contribution in [0.2, 0.25) is 0 Å². The lowest BCUT2D eigenvalue weighted by atomic mass is 10.1. The Kier molecular flexibility index (Phi) is 4.84. The maximum Gasteiger partial charge on any atom is 0.240 e. The number of thiocarbonyl (C=S) groups is 1. The second-order valence-electron chi connectivity index (χ2n) is 4.40. The third-order valence-corrected chi connectivity index (χ3v) is 4.68. The van der Waals surface area contributed by atoms with Crippen molar-refractivity contribution in [1.82, 2.24) is 4.72 Å². The molecule has 1 aromatic rings. The summed E-state index contributed by atoms with van der Waals surface area (Å²) >= 11 is 4.80. The normalized spacial score (nSPS) is 13.3. The van der Waals surface area contributed by atoms with Gasteiger partial charge in [0.15, 0.2) is 0 Å². The van der Waals surface area contributed by atoms with Crippen molar-refractivity contribution in [3.05, 3.63) is 29.3 Å². The number of rotatable bonds is 5. The molecule has 0 spiro atoms. The summed E-state index contributed by atoms with van der Waals surface area (Å²) in [5.41, 5.74) is 7.45. The van der Waals surface area contributed by atoms with Gasteiger partial charge in [0.1, 0.15) is 0 Å². The molecular formula is C12H18N2O2S2. The number of aryl methyl sites for hydroxylation is 2. The van der Waals surface area contributed by atoms with Crippen molar-refractivity contribution < 1.29 is 8.42 Å². The van der Waals surface area contributed by atoms with Crippen LogP contribution >= 0.6 is 12.2 Å². The molecule has 6 heteroatoms. The van der Waals surface area contributed by atoms with E-state index in [0.29, 0.717) is 4.99 Å². The van der Waals surface area contributed by atoms with Gasteiger partial charge < -0.3 is 5.73 Å². The second kappa shape index (κ2) is 5.77. The Morgan fingerprint density at radius 1 is 1.39 bits per heavy atom. The number of sulfonamides is 1. The molecule has 0 saturated heterocycles. The summed E-state index contributed by atoms with van der Waals surface area (Å²) in [5, 5.41) is 0. The largest absolute Gasteiger partial charge is 0.393 e. The zero-order valence-corrected chi connectivity index (χ0v) is 12.4. The Morgan fingerprint density at radius 3 is 2.50 bits per heavy atom. The predicted molar refractivity (Wildman–Crippen MR) is 77.1 cm³/mol. The van der Waals surface area contributed by atoms with E-state index in [1.807, 2.05) is 13.8 Å². The summed E-state index contributed by atoms with van der Waals surface area (Å²) in [6.45, 7) is 5.82. The van der Waals surface area contributed by atoms with E-state index < -0.39 is 10.0 Å². The van der Waals surface area contributed by atoms with Crippen LogP contribution in [-0.4, -0.2) is 20.0 Å². The van der Waals surface area contributed by atoms with E-state index in [-0.39, 0.29) is 17.4 Å². The van der Waals surface area contributed by atoms with Crippen LogP contribution in [0, 0.1) is 19.8 Å². The molecule has 1 unspecified atom stereocenters. The Balaban J connectivity index is 2.87. The molecule has 0 bridgehead atoms. The molecule has 1 rings (SSSR count). The quantitative estimate of drug-likeness (QED) is 0.805. The van der Waals surface area contributed by atoms with Crippen molar-refractivity contribution in [3.8, 4) is 0 Å². The highest BCUT2D eigenvalue weighted by Crippen LogP contribution is 2.14. The summed E-state index contributed by atoms with van der Waals surface area (Å²) in [5.74, 6) is -0.165. The Hall–Kier alpha value is -0.980. The molecule has 0 aliphatic rings. The van der Waals surface area contributed by atoms with Crippen LogP contribution in [-0.2, 0) is 10.0 Å². The average molecular weight is 286 g/mol. The van der Waals surface area contributed by atoms with Gasteiger partial charge in [0.2, 0.25) is 10.0 Å². The van der Waals surface area contributed by atoms with Crippen molar-refractivity contribution in [3.63, 3.8) is 0 Å². The first-order valence-corrected chi connectivity index (χ1v) is 7.49. The van der Waals surface area contributed by atoms with E-state index in [4.69, 9.17) is 18.0 Å². The predicted octanol–water partition coefficient (Wildman–Crippen LogP) is 1.50. The standard InChI is InChI=1S/C12H18N2O2S2/c1-8-4-5-11(6-9(8)2)18(15,16)14-7-10(3)12(13)17/h4-6,10,14H,7H2,1-3H3,(H2,13,17). The molecule has 3 N–H and O–H groups in total. The molecule has 0 heterocycles. The lowest BCUT2D eigenvalue weighted by molar-refractivity contribution is 0.575. The number of benzene rings is 1. The van der Waals surface area contributed by atoms with E-state index in [1.165, 1.54) is 0 Å². The number of nitrogens with two attached hydrogens (primary N) is 1. The minimum atomic E-state index is -3.49. The summed E-state index contributed by atoms with van der Waals surface area (Å²) in [7, 11) is -3.49. The second-order valence-corrected chi connectivity index (χ2v) is 6.64. The van der Waals surface area contributed by atoms with Crippen LogP contribution in [0.5, 0.6) is 0 Å². The fourth-order valence-corrected chi connectivity index (χ4v) is 2.60. The smallest absolute Gasteiger partial charge is 0.240 e. The fraction of sp³-hybridized carbons (Fsp3) is 0.417. The highest BCUT2D eigenvalue weighted by molar-refractivity contribution is 7.89. The van der Waals surface area contributed by atoms with E-state index in [0.717, 1.165) is 11.1 Å². The van der Waals surface area contributed by atoms with Gasteiger partial charge in [0.05, 0.1) is 9.88 Å². The summed E-state index contributed by atoms with van der Waals surface area (Å²) in [6.07, 6.45) is 0. The molecule has 18 heavy (non-hydrogen) atoms. The minimum Gasteiger partial charge on any atom is -0.393 e. The van der Waals surface area contributed by atoms with Gasteiger partial charge in [-0.25, -0.2) is 13.1 Å². The molecule has 4 nitrogen and oxygen atoms in total. The van der Waals surface area contributed by atoms with Gasteiger partial charge in [-0.15, -0.1) is 0 Å². The van der Waals surface area contributed by atoms with Crippen molar-refractivity contribution in [2.75, 3.05) is 6.54 Å². The highest BCUT2D eigenvalue weighted by atomic mass is 32.2. The van der Waals surface area contributed by atoms with E-state index >= 15 is 0 Å². The summed E-state index contributed by atoms with van der Waals surface area (Å²) < 4.78 is 26.6. The first-order chi connectivity index (χ1) is 8.24. The number of hydrogen-bond acceptors (Lipinski definition) is 3. The van der Waals surface area contributed by atoms with Crippen LogP contribution in [0.15, 0.2) is 23.1 Å². The van der Waals surface area contributed by atoms with Crippen LogP contribution in [0.25, 0.3) is 0 Å². The van der Waals surface area contributed by atoms with E-state index in [1.54, 1.807) is 25.1 Å². The zero-order chi connectivity index (χ0) is 13.9. The molecule has 0 radical (unpaired) electrons. The highest BCUT2D eigenvalue weighted by Gasteiger charge is 2.16. The van der Waals surface area contributed by atoms with Gasteiger partial charge in [0.25, 0.3) is 0 Å².